The van der Waals surface area contributed by atoms with Crippen LogP contribution in [0.25, 0.3) is 0 Å². The van der Waals surface area contributed by atoms with E-state index in [4.69, 9.17) is 16.3 Å². The second kappa shape index (κ2) is 8.96. The molecule has 1 aliphatic rings. The summed E-state index contributed by atoms with van der Waals surface area (Å²) in [5, 5.41) is 5.80. The van der Waals surface area contributed by atoms with E-state index in [0.29, 0.717) is 25.1 Å². The van der Waals surface area contributed by atoms with Gasteiger partial charge in [-0.3, -0.25) is 0 Å². The fourth-order valence-electron chi connectivity index (χ4n) is 2.41. The molecular formula is C15H20ClF3N4O3S. The molecule has 0 radical (unpaired) electrons. The average molecular weight is 429 g/mol. The third kappa shape index (κ3) is 6.73. The maximum Gasteiger partial charge on any atom is 0.417 e. The van der Waals surface area contributed by atoms with Gasteiger partial charge in [-0.25, -0.2) is 18.4 Å². The van der Waals surface area contributed by atoms with E-state index in [0.717, 1.165) is 6.07 Å². The maximum absolute atomic E-state index is 12.6. The van der Waals surface area contributed by atoms with Crippen molar-refractivity contribution in [2.45, 2.75) is 25.6 Å². The largest absolute Gasteiger partial charge is 0.475 e. The lowest BCUT2D eigenvalue weighted by Gasteiger charge is -2.16. The van der Waals surface area contributed by atoms with E-state index < -0.39 is 21.6 Å². The molecule has 1 unspecified atom stereocenters. The molecule has 1 aromatic heterocycles. The van der Waals surface area contributed by atoms with E-state index >= 15 is 0 Å². The van der Waals surface area contributed by atoms with Crippen LogP contribution in [0, 0.1) is 0 Å². The zero-order valence-corrected chi connectivity index (χ0v) is 16.1. The number of ether oxygens (including phenoxy) is 1. The summed E-state index contributed by atoms with van der Waals surface area (Å²) in [4.78, 5) is 7.83. The highest BCUT2D eigenvalue weighted by Crippen LogP contribution is 2.32. The number of nitrogens with one attached hydrogen (secondary N) is 2. The van der Waals surface area contributed by atoms with Crippen LogP contribution in [0.5, 0.6) is 5.88 Å². The lowest BCUT2D eigenvalue weighted by molar-refractivity contribution is -0.137. The molecule has 12 heteroatoms. The van der Waals surface area contributed by atoms with Crippen LogP contribution >= 0.6 is 11.6 Å². The Morgan fingerprint density at radius 3 is 2.78 bits per heavy atom. The van der Waals surface area contributed by atoms with Crippen LogP contribution in [0.1, 0.15) is 18.9 Å². The van der Waals surface area contributed by atoms with Gasteiger partial charge >= 0.3 is 6.18 Å². The van der Waals surface area contributed by atoms with Crippen LogP contribution in [0.15, 0.2) is 17.3 Å². The Morgan fingerprint density at radius 1 is 1.48 bits per heavy atom. The lowest BCUT2D eigenvalue weighted by atomic mass is 10.3. The van der Waals surface area contributed by atoms with Crippen molar-refractivity contribution >= 4 is 27.4 Å². The van der Waals surface area contributed by atoms with Crippen molar-refractivity contribution in [2.75, 3.05) is 31.2 Å². The summed E-state index contributed by atoms with van der Waals surface area (Å²) < 4.78 is 66.0. The summed E-state index contributed by atoms with van der Waals surface area (Å²) in [5.41, 5.74) is -0.956. The quantitative estimate of drug-likeness (QED) is 0.408. The number of guanidine groups is 1. The van der Waals surface area contributed by atoms with Crippen molar-refractivity contribution < 1.29 is 26.3 Å². The van der Waals surface area contributed by atoms with Crippen LogP contribution in [0.4, 0.5) is 13.2 Å². The Bertz CT molecular complexity index is 787. The first-order valence-electron chi connectivity index (χ1n) is 8.21. The SMILES string of the molecule is CCNC(=NCCOc1ncc(C(F)(F)F)cc1Cl)NC1CCS(=O)(=O)C1. The highest BCUT2D eigenvalue weighted by molar-refractivity contribution is 7.91. The van der Waals surface area contributed by atoms with Gasteiger partial charge in [-0.2, -0.15) is 13.2 Å². The lowest BCUT2D eigenvalue weighted by Crippen LogP contribution is -2.44. The number of sulfone groups is 1. The van der Waals surface area contributed by atoms with Gasteiger partial charge in [-0.1, -0.05) is 11.6 Å². The minimum absolute atomic E-state index is 0.0393. The third-order valence-electron chi connectivity index (χ3n) is 3.65. The highest BCUT2D eigenvalue weighted by atomic mass is 35.5. The number of halogens is 4. The predicted octanol–water partition coefficient (Wildman–Crippen LogP) is 1.87. The standard InChI is InChI=1S/C15H20ClF3N4O3S/c1-2-20-14(23-11-3-6-27(24,25)9-11)21-4-5-26-13-12(16)7-10(8-22-13)15(17,18)19/h7-8,11H,2-6,9H2,1H3,(H2,20,21,23). The van der Waals surface area contributed by atoms with Gasteiger partial charge in [0.05, 0.1) is 23.6 Å². The average Bonchev–Trinajstić information content (AvgIpc) is 2.90. The van der Waals surface area contributed by atoms with Crippen LogP contribution in [0.2, 0.25) is 5.02 Å². The summed E-state index contributed by atoms with van der Waals surface area (Å²) >= 11 is 5.76. The first kappa shape index (κ1) is 21.5. The Kier molecular flexibility index (Phi) is 7.15. The van der Waals surface area contributed by atoms with E-state index in [-0.39, 0.29) is 41.6 Å². The molecule has 0 amide bonds. The molecule has 7 nitrogen and oxygen atoms in total. The number of rotatable bonds is 6. The first-order valence-corrected chi connectivity index (χ1v) is 10.4. The molecule has 0 saturated carbocycles. The summed E-state index contributed by atoms with van der Waals surface area (Å²) in [6.45, 7) is 2.66. The van der Waals surface area contributed by atoms with Crippen molar-refractivity contribution in [1.29, 1.82) is 0 Å². The van der Waals surface area contributed by atoms with Crippen molar-refractivity contribution in [1.82, 2.24) is 15.6 Å². The van der Waals surface area contributed by atoms with Gasteiger partial charge in [0.1, 0.15) is 11.6 Å². The van der Waals surface area contributed by atoms with Crippen LogP contribution in [-0.4, -0.2) is 56.6 Å². The number of aromatic nitrogens is 1. The van der Waals surface area contributed by atoms with E-state index in [2.05, 4.69) is 20.6 Å². The molecule has 2 rings (SSSR count). The molecule has 1 aromatic rings. The number of hydrogen-bond donors (Lipinski definition) is 2. The first-order chi connectivity index (χ1) is 12.6. The monoisotopic (exact) mass is 428 g/mol. The summed E-state index contributed by atoms with van der Waals surface area (Å²) in [6.07, 6.45) is -3.37. The van der Waals surface area contributed by atoms with E-state index in [1.54, 1.807) is 0 Å². The van der Waals surface area contributed by atoms with Crippen molar-refractivity contribution in [2.24, 2.45) is 4.99 Å². The molecule has 27 heavy (non-hydrogen) atoms. The number of alkyl halides is 3. The molecule has 0 bridgehead atoms. The zero-order valence-electron chi connectivity index (χ0n) is 14.5. The van der Waals surface area contributed by atoms with Gasteiger partial charge in [0.2, 0.25) is 5.88 Å². The Morgan fingerprint density at radius 2 is 2.22 bits per heavy atom. The summed E-state index contributed by atoms with van der Waals surface area (Å²) in [5.74, 6) is 0.527. The van der Waals surface area contributed by atoms with Gasteiger partial charge in [-0.15, -0.1) is 0 Å². The fraction of sp³-hybridized carbons (Fsp3) is 0.600. The van der Waals surface area contributed by atoms with Gasteiger partial charge in [0.25, 0.3) is 0 Å². The minimum Gasteiger partial charge on any atom is -0.475 e. The molecule has 1 fully saturated rings. The van der Waals surface area contributed by atoms with Crippen molar-refractivity contribution in [3.05, 3.63) is 22.8 Å². The minimum atomic E-state index is -4.53. The molecule has 1 atom stereocenters. The number of hydrogen-bond acceptors (Lipinski definition) is 5. The topological polar surface area (TPSA) is 92.7 Å². The molecule has 0 spiro atoms. The molecule has 2 N–H and O–H groups in total. The normalized spacial score (nSPS) is 19.7. The molecule has 152 valence electrons. The van der Waals surface area contributed by atoms with Gasteiger partial charge in [0, 0.05) is 18.8 Å². The second-order valence-electron chi connectivity index (χ2n) is 5.86. The molecule has 2 heterocycles. The molecule has 0 aliphatic carbocycles. The van der Waals surface area contributed by atoms with Gasteiger partial charge in [-0.05, 0) is 19.4 Å². The Hall–Kier alpha value is -1.75. The molecule has 1 saturated heterocycles. The van der Waals surface area contributed by atoms with Crippen molar-refractivity contribution in [3.63, 3.8) is 0 Å². The van der Waals surface area contributed by atoms with Crippen LogP contribution in [-0.2, 0) is 16.0 Å². The number of nitrogens with zero attached hydrogens (tertiary/aromatic N) is 2. The maximum atomic E-state index is 12.6. The smallest absolute Gasteiger partial charge is 0.417 e. The highest BCUT2D eigenvalue weighted by Gasteiger charge is 2.32. The summed E-state index contributed by atoms with van der Waals surface area (Å²) in [7, 11) is -3.01. The number of aliphatic imine (C=N–C) groups is 1. The van der Waals surface area contributed by atoms with Gasteiger partial charge in [0.15, 0.2) is 15.8 Å². The molecular weight excluding hydrogens is 409 g/mol. The Balaban J connectivity index is 1.88. The van der Waals surface area contributed by atoms with Crippen LogP contribution < -0.4 is 15.4 Å². The Labute approximate surface area is 160 Å². The van der Waals surface area contributed by atoms with E-state index in [9.17, 15) is 21.6 Å². The number of pyridine rings is 1. The zero-order chi connectivity index (χ0) is 20.1. The van der Waals surface area contributed by atoms with Crippen molar-refractivity contribution in [3.8, 4) is 5.88 Å². The van der Waals surface area contributed by atoms with E-state index in [1.165, 1.54) is 0 Å². The second-order valence-corrected chi connectivity index (χ2v) is 8.50. The van der Waals surface area contributed by atoms with E-state index in [1.807, 2.05) is 6.92 Å². The molecule has 1 aliphatic heterocycles. The van der Waals surface area contributed by atoms with Gasteiger partial charge < -0.3 is 15.4 Å². The fourth-order valence-corrected chi connectivity index (χ4v) is 4.30. The predicted molar refractivity (Wildman–Crippen MR) is 95.9 cm³/mol. The van der Waals surface area contributed by atoms with Crippen LogP contribution in [0.3, 0.4) is 0 Å². The third-order valence-corrected chi connectivity index (χ3v) is 5.69. The molecule has 0 aromatic carbocycles. The summed E-state index contributed by atoms with van der Waals surface area (Å²) in [6, 6.07) is 0.541.